The first-order valence-electron chi connectivity index (χ1n) is 8.37. The van der Waals surface area contributed by atoms with Gasteiger partial charge < -0.3 is 20.3 Å². The Kier molecular flexibility index (Phi) is 5.64. The molecule has 0 radical (unpaired) electrons. The Labute approximate surface area is 161 Å². The minimum Gasteiger partial charge on any atom is -0.477 e. The van der Waals surface area contributed by atoms with Crippen molar-refractivity contribution in [3.8, 4) is 11.3 Å². The highest BCUT2D eigenvalue weighted by molar-refractivity contribution is 7.94. The quantitative estimate of drug-likeness (QED) is 0.685. The first kappa shape index (κ1) is 19.4. The lowest BCUT2D eigenvalue weighted by Gasteiger charge is -2.16. The predicted octanol–water partition coefficient (Wildman–Crippen LogP) is 1.72. The lowest BCUT2D eigenvalue weighted by Crippen LogP contribution is -2.38. The number of aliphatic imine (C=N–C) groups is 1. The number of rotatable bonds is 5. The molecule has 0 saturated carbocycles. The number of carbonyl (C=O) groups is 1. The fourth-order valence-electron chi connectivity index (χ4n) is 2.51. The normalized spacial score (nSPS) is 14.8. The summed E-state index contributed by atoms with van der Waals surface area (Å²) < 4.78 is 37.3. The summed E-state index contributed by atoms with van der Waals surface area (Å²) in [5.74, 6) is 0.196. The van der Waals surface area contributed by atoms with Crippen LogP contribution in [0.1, 0.15) is 12.2 Å². The standard InChI is InChI=1S/C17H19N5O5S/c1-11-14(15(21-27-11)12-6-3-2-4-7-12)20-17(23)22-28(24,25)13(10-18)16-19-8-5-9-26-16/h2-4,6-7,10H,5,8-9,18H2,1H3,(H2,20,22,23). The van der Waals surface area contributed by atoms with Gasteiger partial charge in [-0.2, -0.15) is 0 Å². The molecule has 2 heterocycles. The van der Waals surface area contributed by atoms with Gasteiger partial charge in [0.25, 0.3) is 10.0 Å². The van der Waals surface area contributed by atoms with E-state index in [1.54, 1.807) is 31.2 Å². The number of aromatic nitrogens is 1. The number of nitrogens with two attached hydrogens (primary N) is 1. The fraction of sp³-hybridized carbons (Fsp3) is 0.235. The van der Waals surface area contributed by atoms with Gasteiger partial charge in [0.2, 0.25) is 5.90 Å². The monoisotopic (exact) mass is 405 g/mol. The van der Waals surface area contributed by atoms with Gasteiger partial charge in [0, 0.05) is 24.7 Å². The predicted molar refractivity (Wildman–Crippen MR) is 103 cm³/mol. The van der Waals surface area contributed by atoms with Crippen molar-refractivity contribution in [2.75, 3.05) is 18.5 Å². The molecular formula is C17H19N5O5S. The zero-order chi connectivity index (χ0) is 20.1. The Balaban J connectivity index is 1.79. The maximum absolute atomic E-state index is 12.5. The highest BCUT2D eigenvalue weighted by Crippen LogP contribution is 2.29. The minimum atomic E-state index is -4.30. The van der Waals surface area contributed by atoms with Gasteiger partial charge in [0.15, 0.2) is 10.7 Å². The van der Waals surface area contributed by atoms with Crippen LogP contribution in [0.3, 0.4) is 0 Å². The second-order valence-electron chi connectivity index (χ2n) is 5.81. The van der Waals surface area contributed by atoms with E-state index in [4.69, 9.17) is 15.0 Å². The van der Waals surface area contributed by atoms with Crippen LogP contribution in [0.4, 0.5) is 10.5 Å². The number of sulfonamides is 1. The summed E-state index contributed by atoms with van der Waals surface area (Å²) >= 11 is 0. The first-order valence-corrected chi connectivity index (χ1v) is 9.85. The summed E-state index contributed by atoms with van der Waals surface area (Å²) in [4.78, 5) is 15.9. The lowest BCUT2D eigenvalue weighted by molar-refractivity contribution is 0.256. The molecule has 10 nitrogen and oxygen atoms in total. The third-order valence-corrected chi connectivity index (χ3v) is 5.17. The summed E-state index contributed by atoms with van der Waals surface area (Å²) in [5.41, 5.74) is 6.75. The molecule has 0 unspecified atom stereocenters. The maximum atomic E-state index is 12.5. The number of carbonyl (C=O) groups excluding carboxylic acids is 1. The van der Waals surface area contributed by atoms with E-state index in [-0.39, 0.29) is 11.6 Å². The van der Waals surface area contributed by atoms with Gasteiger partial charge in [0.05, 0.1) is 6.61 Å². The summed E-state index contributed by atoms with van der Waals surface area (Å²) in [6.07, 6.45) is 1.50. The van der Waals surface area contributed by atoms with Gasteiger partial charge in [-0.15, -0.1) is 0 Å². The zero-order valence-electron chi connectivity index (χ0n) is 15.0. The van der Waals surface area contributed by atoms with E-state index < -0.39 is 21.0 Å². The topological polar surface area (TPSA) is 149 Å². The van der Waals surface area contributed by atoms with Crippen molar-refractivity contribution >= 4 is 27.6 Å². The number of urea groups is 1. The molecular weight excluding hydrogens is 386 g/mol. The number of benzene rings is 1. The van der Waals surface area contributed by atoms with Crippen molar-refractivity contribution in [2.45, 2.75) is 13.3 Å². The molecule has 0 aliphatic carbocycles. The van der Waals surface area contributed by atoms with Crippen LogP contribution in [0, 0.1) is 6.92 Å². The van der Waals surface area contributed by atoms with Crippen LogP contribution >= 0.6 is 0 Å². The number of amides is 2. The van der Waals surface area contributed by atoms with E-state index in [9.17, 15) is 13.2 Å². The van der Waals surface area contributed by atoms with Crippen LogP contribution in [0.5, 0.6) is 0 Å². The van der Waals surface area contributed by atoms with Crippen molar-refractivity contribution in [3.05, 3.63) is 47.2 Å². The Hall–Kier alpha value is -3.34. The van der Waals surface area contributed by atoms with E-state index in [1.165, 1.54) is 0 Å². The van der Waals surface area contributed by atoms with Crippen molar-refractivity contribution in [2.24, 2.45) is 10.7 Å². The molecule has 0 atom stereocenters. The first-order chi connectivity index (χ1) is 13.4. The van der Waals surface area contributed by atoms with Crippen LogP contribution in [-0.4, -0.2) is 38.7 Å². The van der Waals surface area contributed by atoms with Crippen molar-refractivity contribution in [3.63, 3.8) is 0 Å². The van der Waals surface area contributed by atoms with Gasteiger partial charge in [-0.05, 0) is 6.92 Å². The molecule has 0 spiro atoms. The third kappa shape index (κ3) is 4.14. The Bertz CT molecular complexity index is 1030. The fourth-order valence-corrected chi connectivity index (χ4v) is 3.45. The van der Waals surface area contributed by atoms with E-state index in [0.29, 0.717) is 36.6 Å². The lowest BCUT2D eigenvalue weighted by atomic mass is 10.1. The molecule has 1 aliphatic heterocycles. The average molecular weight is 405 g/mol. The summed E-state index contributed by atoms with van der Waals surface area (Å²) in [6, 6.07) is 8.00. The summed E-state index contributed by atoms with van der Waals surface area (Å²) in [5, 5.41) is 6.38. The summed E-state index contributed by atoms with van der Waals surface area (Å²) in [7, 11) is -4.30. The van der Waals surface area contributed by atoms with Crippen LogP contribution in [0.25, 0.3) is 11.3 Å². The molecule has 1 aromatic carbocycles. The highest BCUT2D eigenvalue weighted by atomic mass is 32.2. The smallest absolute Gasteiger partial charge is 0.333 e. The Morgan fingerprint density at radius 1 is 1.29 bits per heavy atom. The molecule has 0 fully saturated rings. The zero-order valence-corrected chi connectivity index (χ0v) is 15.8. The van der Waals surface area contributed by atoms with Gasteiger partial charge in [-0.3, -0.25) is 4.99 Å². The molecule has 3 rings (SSSR count). The van der Waals surface area contributed by atoms with E-state index in [0.717, 1.165) is 6.20 Å². The second kappa shape index (κ2) is 8.13. The van der Waals surface area contributed by atoms with Crippen LogP contribution in [0.15, 0.2) is 51.0 Å². The van der Waals surface area contributed by atoms with E-state index in [2.05, 4.69) is 15.5 Å². The molecule has 28 heavy (non-hydrogen) atoms. The SMILES string of the molecule is Cc1onc(-c2ccccc2)c1NC(=O)NS(=O)(=O)C(=CN)C1=NCCCO1. The van der Waals surface area contributed by atoms with Crippen molar-refractivity contribution in [1.29, 1.82) is 0 Å². The van der Waals surface area contributed by atoms with E-state index in [1.807, 2.05) is 10.8 Å². The molecule has 1 aromatic heterocycles. The molecule has 11 heteroatoms. The number of hydrogen-bond donors (Lipinski definition) is 3. The third-order valence-electron chi connectivity index (χ3n) is 3.82. The van der Waals surface area contributed by atoms with Gasteiger partial charge in [-0.1, -0.05) is 35.5 Å². The number of anilines is 1. The molecule has 2 amide bonds. The average Bonchev–Trinajstić information content (AvgIpc) is 3.03. The van der Waals surface area contributed by atoms with Crippen LogP contribution in [0.2, 0.25) is 0 Å². The van der Waals surface area contributed by atoms with Crippen LogP contribution in [-0.2, 0) is 14.8 Å². The number of nitrogens with zero attached hydrogens (tertiary/aromatic N) is 2. The number of hydrogen-bond acceptors (Lipinski definition) is 8. The van der Waals surface area contributed by atoms with Gasteiger partial charge in [-0.25, -0.2) is 17.9 Å². The Morgan fingerprint density at radius 2 is 2.04 bits per heavy atom. The highest BCUT2D eigenvalue weighted by Gasteiger charge is 2.28. The molecule has 148 valence electrons. The molecule has 0 saturated heterocycles. The van der Waals surface area contributed by atoms with Crippen LogP contribution < -0.4 is 15.8 Å². The van der Waals surface area contributed by atoms with Gasteiger partial charge in [0.1, 0.15) is 11.4 Å². The number of nitrogens with one attached hydrogen (secondary N) is 2. The summed E-state index contributed by atoms with van der Waals surface area (Å²) in [6.45, 7) is 2.33. The van der Waals surface area contributed by atoms with E-state index >= 15 is 0 Å². The van der Waals surface area contributed by atoms with Crippen molar-refractivity contribution < 1.29 is 22.5 Å². The number of aryl methyl sites for hydroxylation is 1. The maximum Gasteiger partial charge on any atom is 0.333 e. The molecule has 1 aliphatic rings. The largest absolute Gasteiger partial charge is 0.477 e. The van der Waals surface area contributed by atoms with Gasteiger partial charge >= 0.3 is 6.03 Å². The van der Waals surface area contributed by atoms with Crippen molar-refractivity contribution in [1.82, 2.24) is 9.88 Å². The molecule has 2 aromatic rings. The Morgan fingerprint density at radius 3 is 2.68 bits per heavy atom. The molecule has 0 bridgehead atoms. The molecule has 4 N–H and O–H groups in total. The minimum absolute atomic E-state index is 0.125. The second-order valence-corrected chi connectivity index (χ2v) is 7.46. The number of ether oxygens (including phenoxy) is 1.